The fraction of sp³-hybridized carbons (Fsp3) is 0.375. The highest BCUT2D eigenvalue weighted by Gasteiger charge is 2.20. The first-order chi connectivity index (χ1) is 11.5. The van der Waals surface area contributed by atoms with E-state index in [1.165, 1.54) is 0 Å². The molecule has 0 amide bonds. The third kappa shape index (κ3) is 2.92. The van der Waals surface area contributed by atoms with E-state index in [4.69, 9.17) is 11.6 Å². The molecule has 8 heteroatoms. The van der Waals surface area contributed by atoms with Gasteiger partial charge in [0.2, 0.25) is 0 Å². The molecule has 3 rings (SSSR count). The highest BCUT2D eigenvalue weighted by molar-refractivity contribution is 6.31. The number of aliphatic hydroxyl groups excluding tert-OH is 1. The van der Waals surface area contributed by atoms with E-state index in [-0.39, 0.29) is 0 Å². The molecule has 2 aromatic heterocycles. The van der Waals surface area contributed by atoms with Crippen LogP contribution in [0.3, 0.4) is 0 Å². The van der Waals surface area contributed by atoms with Gasteiger partial charge in [0.05, 0.1) is 6.20 Å². The van der Waals surface area contributed by atoms with Crippen LogP contribution in [0.25, 0.3) is 17.2 Å². The molecule has 1 atom stereocenters. The lowest BCUT2D eigenvalue weighted by molar-refractivity contribution is 0.163. The Hall–Kier alpha value is -2.25. The van der Waals surface area contributed by atoms with E-state index in [2.05, 4.69) is 27.3 Å². The zero-order chi connectivity index (χ0) is 17.3. The van der Waals surface area contributed by atoms with Crippen molar-refractivity contribution in [3.8, 4) is 17.2 Å². The maximum Gasteiger partial charge on any atom is 0.180 e. The number of rotatable bonds is 5. The van der Waals surface area contributed by atoms with E-state index < -0.39 is 6.10 Å². The Bertz CT molecular complexity index is 856. The molecule has 0 aliphatic heterocycles. The van der Waals surface area contributed by atoms with Crippen molar-refractivity contribution in [1.29, 1.82) is 0 Å². The molecule has 1 aromatic carbocycles. The minimum absolute atomic E-state index is 0.365. The average molecular weight is 347 g/mol. The van der Waals surface area contributed by atoms with E-state index >= 15 is 0 Å². The van der Waals surface area contributed by atoms with E-state index in [0.29, 0.717) is 28.9 Å². The van der Waals surface area contributed by atoms with Crippen LogP contribution in [-0.4, -0.2) is 34.9 Å². The SMILES string of the molecule is CCc1ccc(-c2nc(C(O)CC)nn2-c2cnnn2C)cc1Cl. The van der Waals surface area contributed by atoms with Crippen LogP contribution >= 0.6 is 11.6 Å². The van der Waals surface area contributed by atoms with Gasteiger partial charge in [-0.1, -0.05) is 42.8 Å². The number of aryl methyl sites for hydroxylation is 2. The number of aromatic nitrogens is 6. The quantitative estimate of drug-likeness (QED) is 0.768. The van der Waals surface area contributed by atoms with Gasteiger partial charge < -0.3 is 5.11 Å². The smallest absolute Gasteiger partial charge is 0.180 e. The van der Waals surface area contributed by atoms with Gasteiger partial charge in [-0.05, 0) is 24.5 Å². The van der Waals surface area contributed by atoms with Gasteiger partial charge in [-0.25, -0.2) is 9.67 Å². The first-order valence-corrected chi connectivity index (χ1v) is 8.21. The van der Waals surface area contributed by atoms with E-state index in [1.54, 1.807) is 22.6 Å². The highest BCUT2D eigenvalue weighted by Crippen LogP contribution is 2.27. The summed E-state index contributed by atoms with van der Waals surface area (Å²) in [5.41, 5.74) is 1.89. The van der Waals surface area contributed by atoms with Crippen molar-refractivity contribution in [2.45, 2.75) is 32.8 Å². The van der Waals surface area contributed by atoms with Crippen LogP contribution in [0.15, 0.2) is 24.4 Å². The second-order valence-electron chi connectivity index (χ2n) is 5.51. The molecule has 24 heavy (non-hydrogen) atoms. The second kappa shape index (κ2) is 6.70. The number of benzene rings is 1. The molecule has 0 aliphatic rings. The van der Waals surface area contributed by atoms with Crippen molar-refractivity contribution in [1.82, 2.24) is 29.8 Å². The molecule has 1 unspecified atom stereocenters. The van der Waals surface area contributed by atoms with Crippen molar-refractivity contribution in [2.75, 3.05) is 0 Å². The summed E-state index contributed by atoms with van der Waals surface area (Å²) in [6, 6.07) is 5.80. The maximum atomic E-state index is 10.1. The number of halogens is 1. The zero-order valence-corrected chi connectivity index (χ0v) is 14.6. The van der Waals surface area contributed by atoms with Crippen LogP contribution in [0, 0.1) is 0 Å². The van der Waals surface area contributed by atoms with E-state index in [1.807, 2.05) is 25.1 Å². The summed E-state index contributed by atoms with van der Waals surface area (Å²) in [5, 5.41) is 23.1. The van der Waals surface area contributed by atoms with Gasteiger partial charge in [-0.3, -0.25) is 0 Å². The fourth-order valence-corrected chi connectivity index (χ4v) is 2.76. The first-order valence-electron chi connectivity index (χ1n) is 7.84. The third-order valence-electron chi connectivity index (χ3n) is 3.91. The number of hydrogen-bond donors (Lipinski definition) is 1. The monoisotopic (exact) mass is 346 g/mol. The van der Waals surface area contributed by atoms with Crippen molar-refractivity contribution in [3.05, 3.63) is 40.8 Å². The van der Waals surface area contributed by atoms with Gasteiger partial charge in [0.25, 0.3) is 0 Å². The lowest BCUT2D eigenvalue weighted by Crippen LogP contribution is -2.07. The summed E-state index contributed by atoms with van der Waals surface area (Å²) in [4.78, 5) is 4.52. The van der Waals surface area contributed by atoms with Gasteiger partial charge in [0.1, 0.15) is 6.10 Å². The Morgan fingerprint density at radius 3 is 2.67 bits per heavy atom. The predicted octanol–water partition coefficient (Wildman–Crippen LogP) is 2.72. The molecular weight excluding hydrogens is 328 g/mol. The van der Waals surface area contributed by atoms with Gasteiger partial charge in [0.15, 0.2) is 17.5 Å². The van der Waals surface area contributed by atoms with Crippen molar-refractivity contribution in [3.63, 3.8) is 0 Å². The van der Waals surface area contributed by atoms with Crippen molar-refractivity contribution in [2.24, 2.45) is 7.05 Å². The van der Waals surface area contributed by atoms with Crippen LogP contribution in [0.4, 0.5) is 0 Å². The molecule has 2 heterocycles. The molecule has 1 N–H and O–H groups in total. The molecule has 0 bridgehead atoms. The van der Waals surface area contributed by atoms with Crippen molar-refractivity contribution >= 4 is 11.6 Å². The molecule has 0 saturated carbocycles. The minimum atomic E-state index is -0.725. The summed E-state index contributed by atoms with van der Waals surface area (Å²) in [7, 11) is 1.77. The van der Waals surface area contributed by atoms with Gasteiger partial charge in [0, 0.05) is 17.6 Å². The third-order valence-corrected chi connectivity index (χ3v) is 4.26. The minimum Gasteiger partial charge on any atom is -0.385 e. The number of nitrogens with zero attached hydrogens (tertiary/aromatic N) is 6. The lowest BCUT2D eigenvalue weighted by Gasteiger charge is -2.07. The van der Waals surface area contributed by atoms with Gasteiger partial charge in [-0.2, -0.15) is 4.68 Å². The summed E-state index contributed by atoms with van der Waals surface area (Å²) in [5.74, 6) is 1.61. The molecule has 0 aliphatic carbocycles. The predicted molar refractivity (Wildman–Crippen MR) is 91.0 cm³/mol. The topological polar surface area (TPSA) is 81.7 Å². The number of hydrogen-bond acceptors (Lipinski definition) is 5. The summed E-state index contributed by atoms with van der Waals surface area (Å²) < 4.78 is 3.23. The Morgan fingerprint density at radius 1 is 1.29 bits per heavy atom. The Balaban J connectivity index is 2.17. The molecule has 3 aromatic rings. The molecule has 7 nitrogen and oxygen atoms in total. The first kappa shape index (κ1) is 16.6. The normalized spacial score (nSPS) is 12.5. The average Bonchev–Trinajstić information content (AvgIpc) is 3.20. The van der Waals surface area contributed by atoms with Crippen LogP contribution in [-0.2, 0) is 13.5 Å². The van der Waals surface area contributed by atoms with Gasteiger partial charge in [-0.15, -0.1) is 10.2 Å². The Labute approximate surface area is 144 Å². The van der Waals surface area contributed by atoms with E-state index in [9.17, 15) is 5.11 Å². The largest absolute Gasteiger partial charge is 0.385 e. The maximum absolute atomic E-state index is 10.1. The standard InChI is InChI=1S/C16H19ClN6O/c1-4-10-6-7-11(8-12(10)17)16-19-15(13(24)5-2)20-23(16)14-9-18-21-22(14)3/h6-9,13,24H,4-5H2,1-3H3. The van der Waals surface area contributed by atoms with Crippen molar-refractivity contribution < 1.29 is 5.11 Å². The summed E-state index contributed by atoms with van der Waals surface area (Å²) >= 11 is 6.35. The summed E-state index contributed by atoms with van der Waals surface area (Å²) in [6.07, 6.45) is 2.26. The molecular formula is C16H19ClN6O. The Kier molecular flexibility index (Phi) is 4.64. The highest BCUT2D eigenvalue weighted by atomic mass is 35.5. The van der Waals surface area contributed by atoms with E-state index in [0.717, 1.165) is 17.5 Å². The molecule has 0 fully saturated rings. The Morgan fingerprint density at radius 2 is 2.08 bits per heavy atom. The molecule has 0 radical (unpaired) electrons. The van der Waals surface area contributed by atoms with Crippen LogP contribution in [0.5, 0.6) is 0 Å². The second-order valence-corrected chi connectivity index (χ2v) is 5.91. The van der Waals surface area contributed by atoms with Crippen LogP contribution in [0.1, 0.15) is 37.8 Å². The fourth-order valence-electron chi connectivity index (χ4n) is 2.45. The van der Waals surface area contributed by atoms with Gasteiger partial charge >= 0.3 is 0 Å². The summed E-state index contributed by atoms with van der Waals surface area (Å²) in [6.45, 7) is 3.93. The van der Waals surface area contributed by atoms with Crippen LogP contribution < -0.4 is 0 Å². The molecule has 0 spiro atoms. The van der Waals surface area contributed by atoms with Crippen LogP contribution in [0.2, 0.25) is 5.02 Å². The lowest BCUT2D eigenvalue weighted by atomic mass is 10.1. The zero-order valence-electron chi connectivity index (χ0n) is 13.8. The molecule has 126 valence electrons. The molecule has 0 saturated heterocycles. The number of aliphatic hydroxyl groups is 1.